The average Bonchev–Trinajstić information content (AvgIpc) is 2.37. The molecule has 104 valence electrons. The number of carbonyl (C=O) groups excluding carboxylic acids is 1. The molecule has 0 unspecified atom stereocenters. The summed E-state index contributed by atoms with van der Waals surface area (Å²) in [5.41, 5.74) is -0.736. The molecule has 6 heteroatoms. The van der Waals surface area contributed by atoms with Crippen LogP contribution in [0.4, 0.5) is 17.6 Å². The van der Waals surface area contributed by atoms with E-state index < -0.39 is 22.8 Å². The van der Waals surface area contributed by atoms with E-state index in [-0.39, 0.29) is 16.7 Å². The smallest absolute Gasteiger partial charge is 0.276 e. The standard InChI is InChI=1S/C14H7ClF4O/c15-13(20)12-7-10(16)4-5-11(12)8-2-1-3-9(6-8)14(17,18)19/h1-7H. The van der Waals surface area contributed by atoms with Crippen LogP contribution in [0.1, 0.15) is 15.9 Å². The van der Waals surface area contributed by atoms with Gasteiger partial charge in [0.1, 0.15) is 5.82 Å². The van der Waals surface area contributed by atoms with Crippen LogP contribution < -0.4 is 0 Å². The largest absolute Gasteiger partial charge is 0.416 e. The second kappa shape index (κ2) is 5.25. The molecule has 0 heterocycles. The van der Waals surface area contributed by atoms with E-state index in [9.17, 15) is 22.4 Å². The summed E-state index contributed by atoms with van der Waals surface area (Å²) in [4.78, 5) is 11.3. The minimum Gasteiger partial charge on any atom is -0.276 e. The van der Waals surface area contributed by atoms with Crippen LogP contribution >= 0.6 is 11.6 Å². The predicted molar refractivity (Wildman–Crippen MR) is 67.0 cm³/mol. The lowest BCUT2D eigenvalue weighted by Crippen LogP contribution is -2.05. The molecule has 0 fully saturated rings. The van der Waals surface area contributed by atoms with Crippen LogP contribution in [-0.2, 0) is 6.18 Å². The molecule has 0 bridgehead atoms. The van der Waals surface area contributed by atoms with Gasteiger partial charge in [0.2, 0.25) is 0 Å². The highest BCUT2D eigenvalue weighted by molar-refractivity contribution is 6.68. The van der Waals surface area contributed by atoms with Gasteiger partial charge in [-0.1, -0.05) is 18.2 Å². The summed E-state index contributed by atoms with van der Waals surface area (Å²) in [6, 6.07) is 7.58. The van der Waals surface area contributed by atoms with Crippen LogP contribution in [0.5, 0.6) is 0 Å². The normalized spacial score (nSPS) is 11.4. The average molecular weight is 303 g/mol. The summed E-state index contributed by atoms with van der Waals surface area (Å²) in [6.07, 6.45) is -4.50. The second-order valence-corrected chi connectivity index (χ2v) is 4.39. The van der Waals surface area contributed by atoms with Crippen molar-refractivity contribution in [2.45, 2.75) is 6.18 Å². The predicted octanol–water partition coefficient (Wildman–Crippen LogP) is 4.89. The molecule has 0 aliphatic carbocycles. The summed E-state index contributed by atoms with van der Waals surface area (Å²) in [5, 5.41) is -0.933. The highest BCUT2D eigenvalue weighted by atomic mass is 35.5. The van der Waals surface area contributed by atoms with Gasteiger partial charge in [0.15, 0.2) is 0 Å². The lowest BCUT2D eigenvalue weighted by Gasteiger charge is -2.10. The number of halogens is 5. The molecule has 0 aliphatic heterocycles. The quantitative estimate of drug-likeness (QED) is 0.570. The van der Waals surface area contributed by atoms with E-state index in [0.717, 1.165) is 24.3 Å². The lowest BCUT2D eigenvalue weighted by molar-refractivity contribution is -0.137. The van der Waals surface area contributed by atoms with Crippen molar-refractivity contribution in [3.8, 4) is 11.1 Å². The Hall–Kier alpha value is -1.88. The fraction of sp³-hybridized carbons (Fsp3) is 0.0714. The highest BCUT2D eigenvalue weighted by Crippen LogP contribution is 2.33. The molecule has 0 saturated carbocycles. The molecule has 20 heavy (non-hydrogen) atoms. The Morgan fingerprint density at radius 1 is 1.05 bits per heavy atom. The van der Waals surface area contributed by atoms with E-state index in [2.05, 4.69) is 0 Å². The Morgan fingerprint density at radius 2 is 1.75 bits per heavy atom. The molecule has 0 spiro atoms. The van der Waals surface area contributed by atoms with E-state index in [1.165, 1.54) is 18.2 Å². The van der Waals surface area contributed by atoms with Gasteiger partial charge in [-0.3, -0.25) is 4.79 Å². The van der Waals surface area contributed by atoms with Crippen molar-refractivity contribution in [1.82, 2.24) is 0 Å². The van der Waals surface area contributed by atoms with Gasteiger partial charge in [0.05, 0.1) is 5.56 Å². The summed E-state index contributed by atoms with van der Waals surface area (Å²) < 4.78 is 51.1. The number of hydrogen-bond donors (Lipinski definition) is 0. The molecule has 0 radical (unpaired) electrons. The zero-order valence-corrected chi connectivity index (χ0v) is 10.6. The minimum absolute atomic E-state index is 0.142. The SMILES string of the molecule is O=C(Cl)c1cc(F)ccc1-c1cccc(C(F)(F)F)c1. The lowest BCUT2D eigenvalue weighted by atomic mass is 9.98. The highest BCUT2D eigenvalue weighted by Gasteiger charge is 2.30. The van der Waals surface area contributed by atoms with Gasteiger partial charge in [0, 0.05) is 5.56 Å². The van der Waals surface area contributed by atoms with Crippen LogP contribution in [-0.4, -0.2) is 5.24 Å². The van der Waals surface area contributed by atoms with E-state index in [1.54, 1.807) is 0 Å². The van der Waals surface area contributed by atoms with Crippen molar-refractivity contribution in [2.75, 3.05) is 0 Å². The molecular weight excluding hydrogens is 296 g/mol. The Bertz CT molecular complexity index is 664. The number of benzene rings is 2. The van der Waals surface area contributed by atoms with Crippen LogP contribution in [0.2, 0.25) is 0 Å². The maximum absolute atomic E-state index is 13.1. The molecule has 1 nitrogen and oxygen atoms in total. The first-order valence-electron chi connectivity index (χ1n) is 5.46. The van der Waals surface area contributed by atoms with Gasteiger partial charge in [-0.25, -0.2) is 4.39 Å². The topological polar surface area (TPSA) is 17.1 Å². The molecule has 0 amide bonds. The van der Waals surface area contributed by atoms with Crippen molar-refractivity contribution >= 4 is 16.8 Å². The number of alkyl halides is 3. The van der Waals surface area contributed by atoms with Crippen LogP contribution in [0, 0.1) is 5.82 Å². The molecule has 2 aromatic rings. The number of carbonyl (C=O) groups is 1. The monoisotopic (exact) mass is 302 g/mol. The number of rotatable bonds is 2. The molecule has 0 saturated heterocycles. The summed E-state index contributed by atoms with van der Waals surface area (Å²) in [5.74, 6) is -0.690. The van der Waals surface area contributed by atoms with Crippen molar-refractivity contribution < 1.29 is 22.4 Å². The van der Waals surface area contributed by atoms with Crippen molar-refractivity contribution in [3.63, 3.8) is 0 Å². The second-order valence-electron chi connectivity index (χ2n) is 4.04. The Kier molecular flexibility index (Phi) is 3.81. The zero-order valence-electron chi connectivity index (χ0n) is 9.84. The van der Waals surface area contributed by atoms with Crippen molar-refractivity contribution in [1.29, 1.82) is 0 Å². The summed E-state index contributed by atoms with van der Waals surface area (Å²) in [6.45, 7) is 0. The molecule has 0 N–H and O–H groups in total. The number of hydrogen-bond acceptors (Lipinski definition) is 1. The van der Waals surface area contributed by atoms with Gasteiger partial charge in [0.25, 0.3) is 5.24 Å². The van der Waals surface area contributed by atoms with Gasteiger partial charge in [-0.15, -0.1) is 0 Å². The third kappa shape index (κ3) is 2.99. The Morgan fingerprint density at radius 3 is 2.35 bits per heavy atom. The third-order valence-corrected chi connectivity index (χ3v) is 2.90. The Balaban J connectivity index is 2.60. The molecule has 2 aromatic carbocycles. The maximum Gasteiger partial charge on any atom is 0.416 e. The fourth-order valence-corrected chi connectivity index (χ4v) is 1.95. The van der Waals surface area contributed by atoms with Gasteiger partial charge < -0.3 is 0 Å². The first-order chi connectivity index (χ1) is 9.29. The third-order valence-electron chi connectivity index (χ3n) is 2.69. The molecule has 2 rings (SSSR count). The molecule has 0 aliphatic rings. The zero-order chi connectivity index (χ0) is 14.9. The summed E-state index contributed by atoms with van der Waals surface area (Å²) in [7, 11) is 0. The van der Waals surface area contributed by atoms with Gasteiger partial charge in [-0.05, 0) is 47.0 Å². The van der Waals surface area contributed by atoms with Gasteiger partial charge in [-0.2, -0.15) is 13.2 Å². The fourth-order valence-electron chi connectivity index (χ4n) is 1.79. The van der Waals surface area contributed by atoms with E-state index in [4.69, 9.17) is 11.6 Å². The first kappa shape index (κ1) is 14.5. The summed E-state index contributed by atoms with van der Waals surface area (Å²) >= 11 is 5.33. The first-order valence-corrected chi connectivity index (χ1v) is 5.84. The van der Waals surface area contributed by atoms with E-state index >= 15 is 0 Å². The molecule has 0 atom stereocenters. The molecule has 0 aromatic heterocycles. The van der Waals surface area contributed by atoms with Crippen LogP contribution in [0.3, 0.4) is 0 Å². The van der Waals surface area contributed by atoms with Gasteiger partial charge >= 0.3 is 6.18 Å². The maximum atomic E-state index is 13.1. The molecular formula is C14H7ClF4O. The Labute approximate surface area is 116 Å². The van der Waals surface area contributed by atoms with E-state index in [1.807, 2.05) is 0 Å². The van der Waals surface area contributed by atoms with Crippen molar-refractivity contribution in [3.05, 3.63) is 59.4 Å². The van der Waals surface area contributed by atoms with Crippen LogP contribution in [0.25, 0.3) is 11.1 Å². The van der Waals surface area contributed by atoms with E-state index in [0.29, 0.717) is 0 Å². The minimum atomic E-state index is -4.50. The van der Waals surface area contributed by atoms with Crippen LogP contribution in [0.15, 0.2) is 42.5 Å². The van der Waals surface area contributed by atoms with Crippen molar-refractivity contribution in [2.24, 2.45) is 0 Å².